The van der Waals surface area contributed by atoms with Crippen molar-refractivity contribution in [3.05, 3.63) is 24.3 Å². The summed E-state index contributed by atoms with van der Waals surface area (Å²) in [5.74, 6) is 2.04. The Morgan fingerprint density at radius 2 is 1.00 bits per heavy atom. The van der Waals surface area contributed by atoms with Crippen LogP contribution in [0.2, 0.25) is 0 Å². The van der Waals surface area contributed by atoms with Crippen LogP contribution in [0.1, 0.15) is 91.9 Å². The second kappa shape index (κ2) is 11.7. The Labute approximate surface area is 183 Å². The van der Waals surface area contributed by atoms with Crippen molar-refractivity contribution >= 4 is 11.9 Å². The van der Waals surface area contributed by atoms with E-state index in [0.29, 0.717) is 23.0 Å². The zero-order valence-electron chi connectivity index (χ0n) is 19.6. The first-order valence-corrected chi connectivity index (χ1v) is 12.0. The minimum absolute atomic E-state index is 0.0270. The minimum atomic E-state index is -0.250. The molecule has 4 heteroatoms. The van der Waals surface area contributed by atoms with E-state index in [4.69, 9.17) is 9.47 Å². The van der Waals surface area contributed by atoms with Crippen molar-refractivity contribution in [2.75, 3.05) is 0 Å². The predicted octanol–water partition coefficient (Wildman–Crippen LogP) is 6.40. The highest BCUT2D eigenvalue weighted by Crippen LogP contribution is 2.43. The number of hydrogen-bond acceptors (Lipinski definition) is 4. The van der Waals surface area contributed by atoms with Crippen LogP contribution in [0.3, 0.4) is 0 Å². The number of carbonyl (C=O) groups excluding carboxylic acids is 2. The third-order valence-electron chi connectivity index (χ3n) is 7.37. The van der Waals surface area contributed by atoms with Gasteiger partial charge >= 0.3 is 11.9 Å². The molecule has 0 saturated heterocycles. The molecule has 2 rings (SSSR count). The van der Waals surface area contributed by atoms with Crippen molar-refractivity contribution in [3.8, 4) is 0 Å². The molecule has 0 N–H and O–H groups in total. The Balaban J connectivity index is 1.79. The largest absolute Gasteiger partial charge is 0.459 e. The molecule has 0 spiro atoms. The fourth-order valence-electron chi connectivity index (χ4n) is 5.48. The summed E-state index contributed by atoms with van der Waals surface area (Å²) in [7, 11) is 0. The zero-order valence-corrected chi connectivity index (χ0v) is 19.6. The maximum Gasteiger partial charge on any atom is 0.333 e. The zero-order chi connectivity index (χ0) is 22.3. The fraction of sp³-hybridized carbons (Fsp3) is 0.769. The van der Waals surface area contributed by atoms with E-state index >= 15 is 0 Å². The van der Waals surface area contributed by atoms with Gasteiger partial charge in [-0.25, -0.2) is 9.59 Å². The van der Waals surface area contributed by atoms with Crippen LogP contribution in [-0.2, 0) is 19.1 Å². The lowest BCUT2D eigenvalue weighted by molar-refractivity contribution is -0.149. The van der Waals surface area contributed by atoms with E-state index in [1.807, 2.05) is 0 Å². The van der Waals surface area contributed by atoms with Gasteiger partial charge in [0.15, 0.2) is 0 Å². The standard InChI is InChI=1S/C26H42O4/c1-7-23(29-25(27)17(3)4)21-13-9-19(10-14-21)20-11-15-22(16-12-20)24(8-2)30-26(28)18(5)6/h19-24H,3,5,7-16H2,1-2,4,6H3. The quantitative estimate of drug-likeness (QED) is 0.321. The average Bonchev–Trinajstić information content (AvgIpc) is 2.75. The third kappa shape index (κ3) is 6.72. The van der Waals surface area contributed by atoms with Gasteiger partial charge in [0.05, 0.1) is 0 Å². The van der Waals surface area contributed by atoms with Crippen LogP contribution < -0.4 is 0 Å². The summed E-state index contributed by atoms with van der Waals surface area (Å²) in [5, 5.41) is 0. The Bertz CT molecular complexity index is 553. The molecule has 2 aliphatic rings. The first-order chi connectivity index (χ1) is 14.3. The predicted molar refractivity (Wildman–Crippen MR) is 121 cm³/mol. The highest BCUT2D eigenvalue weighted by atomic mass is 16.5. The number of rotatable bonds is 9. The number of hydrogen-bond donors (Lipinski definition) is 0. The first kappa shape index (κ1) is 24.7. The van der Waals surface area contributed by atoms with Gasteiger partial charge in [-0.05, 0) is 102 Å². The molecule has 170 valence electrons. The molecule has 4 nitrogen and oxygen atoms in total. The maximum atomic E-state index is 11.9. The summed E-state index contributed by atoms with van der Waals surface area (Å²) in [5.41, 5.74) is 0.969. The van der Waals surface area contributed by atoms with Gasteiger partial charge in [-0.1, -0.05) is 27.0 Å². The Morgan fingerprint density at radius 1 is 0.700 bits per heavy atom. The summed E-state index contributed by atoms with van der Waals surface area (Å²) >= 11 is 0. The second-order valence-electron chi connectivity index (χ2n) is 9.61. The van der Waals surface area contributed by atoms with Gasteiger partial charge in [0.25, 0.3) is 0 Å². The monoisotopic (exact) mass is 418 g/mol. The van der Waals surface area contributed by atoms with Crippen molar-refractivity contribution in [2.24, 2.45) is 23.7 Å². The normalized spacial score (nSPS) is 28.8. The van der Waals surface area contributed by atoms with E-state index in [2.05, 4.69) is 27.0 Å². The van der Waals surface area contributed by atoms with Gasteiger partial charge in [0, 0.05) is 11.1 Å². The molecule has 2 fully saturated rings. The maximum absolute atomic E-state index is 11.9. The van der Waals surface area contributed by atoms with Crippen molar-refractivity contribution in [3.63, 3.8) is 0 Å². The fourth-order valence-corrected chi connectivity index (χ4v) is 5.48. The van der Waals surface area contributed by atoms with Gasteiger partial charge in [0.1, 0.15) is 12.2 Å². The highest BCUT2D eigenvalue weighted by Gasteiger charge is 2.36. The topological polar surface area (TPSA) is 52.6 Å². The smallest absolute Gasteiger partial charge is 0.333 e. The molecule has 2 saturated carbocycles. The average molecular weight is 419 g/mol. The highest BCUT2D eigenvalue weighted by molar-refractivity contribution is 5.87. The van der Waals surface area contributed by atoms with Crippen LogP contribution in [0.15, 0.2) is 24.3 Å². The molecule has 0 aromatic heterocycles. The Kier molecular flexibility index (Phi) is 9.64. The number of ether oxygens (including phenoxy) is 2. The molecule has 2 aliphatic carbocycles. The lowest BCUT2D eigenvalue weighted by Gasteiger charge is -2.40. The van der Waals surface area contributed by atoms with Crippen LogP contribution in [0.25, 0.3) is 0 Å². The third-order valence-corrected chi connectivity index (χ3v) is 7.37. The summed E-state index contributed by atoms with van der Waals surface area (Å²) < 4.78 is 11.4. The summed E-state index contributed by atoms with van der Waals surface area (Å²) in [6, 6.07) is 0. The second-order valence-corrected chi connectivity index (χ2v) is 9.61. The van der Waals surface area contributed by atoms with Crippen molar-refractivity contribution in [1.82, 2.24) is 0 Å². The van der Waals surface area contributed by atoms with Crippen molar-refractivity contribution in [1.29, 1.82) is 0 Å². The lowest BCUT2D eigenvalue weighted by Crippen LogP contribution is -2.34. The van der Waals surface area contributed by atoms with Gasteiger partial charge in [0.2, 0.25) is 0 Å². The van der Waals surface area contributed by atoms with Gasteiger partial charge in [-0.2, -0.15) is 0 Å². The molecule has 30 heavy (non-hydrogen) atoms. The molecule has 0 heterocycles. The Hall–Kier alpha value is -1.58. The first-order valence-electron chi connectivity index (χ1n) is 12.0. The van der Waals surface area contributed by atoms with E-state index in [9.17, 15) is 9.59 Å². The van der Waals surface area contributed by atoms with Crippen LogP contribution in [0.4, 0.5) is 0 Å². The van der Waals surface area contributed by atoms with Gasteiger partial charge < -0.3 is 9.47 Å². The van der Waals surface area contributed by atoms with E-state index in [0.717, 1.165) is 50.4 Å². The van der Waals surface area contributed by atoms with Gasteiger partial charge in [-0.15, -0.1) is 0 Å². The molecule has 2 unspecified atom stereocenters. The van der Waals surface area contributed by atoms with Gasteiger partial charge in [-0.3, -0.25) is 0 Å². The molecular weight excluding hydrogens is 376 g/mol. The summed E-state index contributed by atoms with van der Waals surface area (Å²) in [6.45, 7) is 15.0. The molecule has 0 aliphatic heterocycles. The summed E-state index contributed by atoms with van der Waals surface area (Å²) in [6.07, 6.45) is 11.4. The molecule has 0 amide bonds. The SMILES string of the molecule is C=C(C)C(=O)OC(CC)C1CCC(C2CCC(C(CC)OC(=O)C(=C)C)CC2)CC1. The van der Waals surface area contributed by atoms with Crippen LogP contribution >= 0.6 is 0 Å². The van der Waals surface area contributed by atoms with Crippen molar-refractivity contribution < 1.29 is 19.1 Å². The van der Waals surface area contributed by atoms with E-state index < -0.39 is 0 Å². The van der Waals surface area contributed by atoms with Crippen LogP contribution in [0.5, 0.6) is 0 Å². The molecule has 0 bridgehead atoms. The molecule has 0 aromatic rings. The van der Waals surface area contributed by atoms with E-state index in [1.165, 1.54) is 25.7 Å². The summed E-state index contributed by atoms with van der Waals surface area (Å²) in [4.78, 5) is 23.8. The molecule has 0 aromatic carbocycles. The minimum Gasteiger partial charge on any atom is -0.459 e. The molecule has 0 radical (unpaired) electrons. The molecule has 2 atom stereocenters. The lowest BCUT2D eigenvalue weighted by atomic mass is 9.67. The van der Waals surface area contributed by atoms with Crippen LogP contribution in [-0.4, -0.2) is 24.1 Å². The number of esters is 2. The Morgan fingerprint density at radius 3 is 1.23 bits per heavy atom. The number of carbonyl (C=O) groups is 2. The van der Waals surface area contributed by atoms with E-state index in [1.54, 1.807) is 13.8 Å². The van der Waals surface area contributed by atoms with Crippen LogP contribution in [0, 0.1) is 23.7 Å². The molecular formula is C26H42O4. The van der Waals surface area contributed by atoms with E-state index in [-0.39, 0.29) is 24.1 Å². The van der Waals surface area contributed by atoms with Crippen molar-refractivity contribution in [2.45, 2.75) is 104 Å².